The molecule has 1 saturated carbocycles. The maximum Gasteiger partial charge on any atom is 0.302 e. The van der Waals surface area contributed by atoms with E-state index in [1.165, 1.54) is 6.92 Å². The van der Waals surface area contributed by atoms with Crippen molar-refractivity contribution in [1.82, 2.24) is 0 Å². The topological polar surface area (TPSA) is 44.8 Å². The molecule has 2 aliphatic rings. The van der Waals surface area contributed by atoms with Gasteiger partial charge < -0.3 is 14.2 Å². The summed E-state index contributed by atoms with van der Waals surface area (Å²) in [5, 5.41) is 0. The monoisotopic (exact) mass is 228 g/mol. The maximum atomic E-state index is 10.6. The number of esters is 1. The third-order valence-electron chi connectivity index (χ3n) is 3.51. The molecule has 4 nitrogen and oxygen atoms in total. The highest BCUT2D eigenvalue weighted by Gasteiger charge is 2.39. The summed E-state index contributed by atoms with van der Waals surface area (Å²) < 4.78 is 16.3. The van der Waals surface area contributed by atoms with Crippen LogP contribution in [0.25, 0.3) is 0 Å². The minimum Gasteiger partial charge on any atom is -0.466 e. The van der Waals surface area contributed by atoms with Gasteiger partial charge in [0, 0.05) is 19.8 Å². The van der Waals surface area contributed by atoms with Crippen molar-refractivity contribution in [1.29, 1.82) is 0 Å². The van der Waals surface area contributed by atoms with Gasteiger partial charge in [0.1, 0.15) is 0 Å². The molecule has 1 aliphatic carbocycles. The van der Waals surface area contributed by atoms with E-state index in [0.29, 0.717) is 12.5 Å². The van der Waals surface area contributed by atoms with Crippen molar-refractivity contribution in [2.45, 2.75) is 44.8 Å². The predicted octanol–water partition coefficient (Wildman–Crippen LogP) is 1.87. The highest BCUT2D eigenvalue weighted by atomic mass is 16.7. The van der Waals surface area contributed by atoms with Crippen LogP contribution in [0, 0.1) is 5.92 Å². The van der Waals surface area contributed by atoms with E-state index in [0.717, 1.165) is 45.3 Å². The van der Waals surface area contributed by atoms with Gasteiger partial charge in [-0.2, -0.15) is 0 Å². The van der Waals surface area contributed by atoms with Gasteiger partial charge in [0.05, 0.1) is 19.8 Å². The number of hydrogen-bond acceptors (Lipinski definition) is 4. The molecule has 0 atom stereocenters. The minimum absolute atomic E-state index is 0.185. The first-order valence-electron chi connectivity index (χ1n) is 6.11. The highest BCUT2D eigenvalue weighted by molar-refractivity contribution is 5.65. The zero-order valence-electron chi connectivity index (χ0n) is 9.87. The molecule has 4 heteroatoms. The van der Waals surface area contributed by atoms with Crippen molar-refractivity contribution in [2.75, 3.05) is 19.8 Å². The zero-order valence-corrected chi connectivity index (χ0v) is 9.87. The van der Waals surface area contributed by atoms with E-state index >= 15 is 0 Å². The number of carbonyl (C=O) groups is 1. The van der Waals surface area contributed by atoms with Crippen molar-refractivity contribution in [3.05, 3.63) is 0 Å². The molecule has 0 amide bonds. The van der Waals surface area contributed by atoms with Crippen molar-refractivity contribution >= 4 is 5.97 Å². The maximum absolute atomic E-state index is 10.6. The normalized spacial score (nSPS) is 24.8. The Kier molecular flexibility index (Phi) is 3.82. The van der Waals surface area contributed by atoms with Gasteiger partial charge in [0.2, 0.25) is 0 Å². The molecule has 1 aliphatic heterocycles. The van der Waals surface area contributed by atoms with Crippen LogP contribution < -0.4 is 0 Å². The number of rotatable bonds is 3. The standard InChI is InChI=1S/C12H20O4/c1-10(13)14-7-4-11-2-5-12(6-3-11)15-8-9-16-12/h11H,2-9H2,1H3. The van der Waals surface area contributed by atoms with Gasteiger partial charge >= 0.3 is 5.97 Å². The summed E-state index contributed by atoms with van der Waals surface area (Å²) in [5.74, 6) is 0.199. The van der Waals surface area contributed by atoms with Crippen LogP contribution in [0.4, 0.5) is 0 Å². The highest BCUT2D eigenvalue weighted by Crippen LogP contribution is 2.39. The van der Waals surface area contributed by atoms with Gasteiger partial charge in [0.15, 0.2) is 5.79 Å². The Bertz CT molecular complexity index is 235. The fourth-order valence-electron chi connectivity index (χ4n) is 2.56. The minimum atomic E-state index is -0.266. The van der Waals surface area contributed by atoms with Crippen LogP contribution in [-0.2, 0) is 19.0 Å². The Labute approximate surface area is 96.2 Å². The molecule has 0 bridgehead atoms. The summed E-state index contributed by atoms with van der Waals surface area (Å²) in [6.45, 7) is 3.47. The van der Waals surface area contributed by atoms with Gasteiger partial charge in [0.25, 0.3) is 0 Å². The molecule has 2 rings (SSSR count). The molecule has 1 heterocycles. The van der Waals surface area contributed by atoms with Crippen molar-refractivity contribution in [3.63, 3.8) is 0 Å². The van der Waals surface area contributed by atoms with Crippen LogP contribution in [0.2, 0.25) is 0 Å². The lowest BCUT2D eigenvalue weighted by Gasteiger charge is -2.35. The summed E-state index contributed by atoms with van der Waals surface area (Å²) >= 11 is 0. The quantitative estimate of drug-likeness (QED) is 0.692. The fraction of sp³-hybridized carbons (Fsp3) is 0.917. The molecule has 1 spiro atoms. The molecule has 1 saturated heterocycles. The molecule has 0 aromatic carbocycles. The lowest BCUT2D eigenvalue weighted by atomic mass is 9.83. The average Bonchev–Trinajstić information content (AvgIpc) is 2.70. The predicted molar refractivity (Wildman–Crippen MR) is 57.8 cm³/mol. The Morgan fingerprint density at radius 1 is 1.31 bits per heavy atom. The number of ether oxygens (including phenoxy) is 3. The van der Waals surface area contributed by atoms with Crippen LogP contribution in [0.1, 0.15) is 39.0 Å². The summed E-state index contributed by atoms with van der Waals surface area (Å²) in [5.41, 5.74) is 0. The van der Waals surface area contributed by atoms with Crippen LogP contribution in [0.15, 0.2) is 0 Å². The SMILES string of the molecule is CC(=O)OCCC1CCC2(CC1)OCCO2. The van der Waals surface area contributed by atoms with Crippen LogP contribution in [-0.4, -0.2) is 31.6 Å². The Morgan fingerprint density at radius 2 is 1.94 bits per heavy atom. The molecule has 16 heavy (non-hydrogen) atoms. The second-order valence-corrected chi connectivity index (χ2v) is 4.68. The fourth-order valence-corrected chi connectivity index (χ4v) is 2.56. The van der Waals surface area contributed by atoms with E-state index in [2.05, 4.69) is 0 Å². The Balaban J connectivity index is 1.67. The van der Waals surface area contributed by atoms with E-state index in [4.69, 9.17) is 14.2 Å². The van der Waals surface area contributed by atoms with Crippen LogP contribution in [0.5, 0.6) is 0 Å². The van der Waals surface area contributed by atoms with Gasteiger partial charge in [-0.3, -0.25) is 4.79 Å². The van der Waals surface area contributed by atoms with Gasteiger partial charge in [-0.25, -0.2) is 0 Å². The van der Waals surface area contributed by atoms with Crippen molar-refractivity contribution in [2.24, 2.45) is 5.92 Å². The van der Waals surface area contributed by atoms with E-state index in [1.54, 1.807) is 0 Å². The number of carbonyl (C=O) groups excluding carboxylic acids is 1. The lowest BCUT2D eigenvalue weighted by molar-refractivity contribution is -0.183. The second kappa shape index (κ2) is 5.15. The van der Waals surface area contributed by atoms with E-state index in [9.17, 15) is 4.79 Å². The van der Waals surface area contributed by atoms with Crippen molar-refractivity contribution in [3.8, 4) is 0 Å². The summed E-state index contributed by atoms with van der Waals surface area (Å²) in [4.78, 5) is 10.6. The first kappa shape index (κ1) is 11.9. The first-order valence-corrected chi connectivity index (χ1v) is 6.11. The molecule has 92 valence electrons. The third-order valence-corrected chi connectivity index (χ3v) is 3.51. The third kappa shape index (κ3) is 2.95. The van der Waals surface area contributed by atoms with Crippen molar-refractivity contribution < 1.29 is 19.0 Å². The van der Waals surface area contributed by atoms with Gasteiger partial charge in [-0.1, -0.05) is 0 Å². The second-order valence-electron chi connectivity index (χ2n) is 4.68. The van der Waals surface area contributed by atoms with Gasteiger partial charge in [-0.15, -0.1) is 0 Å². The molecular weight excluding hydrogens is 208 g/mol. The smallest absolute Gasteiger partial charge is 0.302 e. The van der Waals surface area contributed by atoms with Crippen LogP contribution in [0.3, 0.4) is 0 Å². The van der Waals surface area contributed by atoms with E-state index in [-0.39, 0.29) is 11.8 Å². The Morgan fingerprint density at radius 3 is 2.50 bits per heavy atom. The lowest BCUT2D eigenvalue weighted by Crippen LogP contribution is -2.35. The first-order chi connectivity index (χ1) is 7.70. The molecule has 0 N–H and O–H groups in total. The van der Waals surface area contributed by atoms with Gasteiger partial charge in [-0.05, 0) is 25.2 Å². The molecule has 2 fully saturated rings. The molecule has 0 unspecified atom stereocenters. The zero-order chi connectivity index (χ0) is 11.4. The Hall–Kier alpha value is -0.610. The summed E-state index contributed by atoms with van der Waals surface area (Å²) in [7, 11) is 0. The summed E-state index contributed by atoms with van der Waals surface area (Å²) in [6.07, 6.45) is 5.16. The molecular formula is C12H20O4. The number of hydrogen-bond donors (Lipinski definition) is 0. The molecule has 0 aromatic heterocycles. The molecule has 0 aromatic rings. The molecule has 0 radical (unpaired) electrons. The van der Waals surface area contributed by atoms with E-state index < -0.39 is 0 Å². The largest absolute Gasteiger partial charge is 0.466 e. The van der Waals surface area contributed by atoms with E-state index in [1.807, 2.05) is 0 Å². The average molecular weight is 228 g/mol. The van der Waals surface area contributed by atoms with Crippen LogP contribution >= 0.6 is 0 Å². The summed E-state index contributed by atoms with van der Waals surface area (Å²) in [6, 6.07) is 0.